The van der Waals surface area contributed by atoms with Gasteiger partial charge in [0.1, 0.15) is 5.82 Å². The molecule has 0 unspecified atom stereocenters. The third-order valence-electron chi connectivity index (χ3n) is 7.09. The van der Waals surface area contributed by atoms with Gasteiger partial charge in [-0.3, -0.25) is 4.90 Å². The standard InChI is InChI=1S/C28H32N6O/c1-2-5-21(6-3-1)20-33-13-10-22(11-14-33)30-28-31-26(19-27(32-28)34-15-17-35-18-16-34)23-7-4-8-25-24(23)9-12-29-25/h1-9,12,19,22,29H,10-11,13-18,20H2,(H,30,31,32). The number of benzene rings is 2. The van der Waals surface area contributed by atoms with Crippen LogP contribution in [-0.2, 0) is 11.3 Å². The molecule has 7 heteroatoms. The number of hydrogen-bond acceptors (Lipinski definition) is 6. The van der Waals surface area contributed by atoms with Crippen molar-refractivity contribution >= 4 is 22.7 Å². The van der Waals surface area contributed by atoms with Gasteiger partial charge in [0.2, 0.25) is 5.95 Å². The molecule has 0 atom stereocenters. The summed E-state index contributed by atoms with van der Waals surface area (Å²) in [6.07, 6.45) is 4.15. The number of ether oxygens (including phenoxy) is 1. The summed E-state index contributed by atoms with van der Waals surface area (Å²) in [6, 6.07) is 21.7. The lowest BCUT2D eigenvalue weighted by Crippen LogP contribution is -2.39. The number of rotatable bonds is 6. The van der Waals surface area contributed by atoms with E-state index in [-0.39, 0.29) is 0 Å². The van der Waals surface area contributed by atoms with E-state index < -0.39 is 0 Å². The first-order chi connectivity index (χ1) is 17.3. The molecule has 0 radical (unpaired) electrons. The van der Waals surface area contributed by atoms with Crippen LogP contribution in [0.15, 0.2) is 66.9 Å². The molecule has 2 aromatic heterocycles. The maximum absolute atomic E-state index is 5.58. The molecular formula is C28H32N6O. The van der Waals surface area contributed by atoms with Crippen LogP contribution in [0.5, 0.6) is 0 Å². The summed E-state index contributed by atoms with van der Waals surface area (Å²) < 4.78 is 5.58. The number of morpholine rings is 1. The van der Waals surface area contributed by atoms with Crippen molar-refractivity contribution in [2.24, 2.45) is 0 Å². The summed E-state index contributed by atoms with van der Waals surface area (Å²) in [5.74, 6) is 1.69. The number of hydrogen-bond donors (Lipinski definition) is 2. The number of aromatic amines is 1. The fourth-order valence-electron chi connectivity index (χ4n) is 5.16. The molecule has 0 spiro atoms. The Morgan fingerprint density at radius 3 is 2.57 bits per heavy atom. The van der Waals surface area contributed by atoms with Crippen LogP contribution in [0.25, 0.3) is 22.2 Å². The van der Waals surface area contributed by atoms with E-state index >= 15 is 0 Å². The average Bonchev–Trinajstić information content (AvgIpc) is 3.40. The highest BCUT2D eigenvalue weighted by atomic mass is 16.5. The monoisotopic (exact) mass is 468 g/mol. The Balaban J connectivity index is 1.22. The molecule has 0 saturated carbocycles. The van der Waals surface area contributed by atoms with Gasteiger partial charge >= 0.3 is 0 Å². The van der Waals surface area contributed by atoms with Crippen LogP contribution in [0.3, 0.4) is 0 Å². The van der Waals surface area contributed by atoms with E-state index in [1.807, 2.05) is 6.20 Å². The molecule has 2 fully saturated rings. The zero-order chi connectivity index (χ0) is 23.5. The third kappa shape index (κ3) is 5.01. The van der Waals surface area contributed by atoms with Crippen LogP contribution in [0.2, 0.25) is 0 Å². The molecule has 2 saturated heterocycles. The topological polar surface area (TPSA) is 69.3 Å². The summed E-state index contributed by atoms with van der Waals surface area (Å²) in [5.41, 5.74) is 4.58. The maximum atomic E-state index is 5.58. The highest BCUT2D eigenvalue weighted by molar-refractivity contribution is 5.94. The van der Waals surface area contributed by atoms with Gasteiger partial charge in [0.25, 0.3) is 0 Å². The van der Waals surface area contributed by atoms with E-state index in [1.54, 1.807) is 0 Å². The molecule has 0 amide bonds. The van der Waals surface area contributed by atoms with Crippen molar-refractivity contribution < 1.29 is 4.74 Å². The summed E-state index contributed by atoms with van der Waals surface area (Å²) in [6.45, 7) is 6.33. The lowest BCUT2D eigenvalue weighted by atomic mass is 10.0. The Bertz CT molecular complexity index is 1260. The molecule has 4 heterocycles. The van der Waals surface area contributed by atoms with E-state index in [9.17, 15) is 0 Å². The predicted octanol–water partition coefficient (Wildman–Crippen LogP) is 4.54. The number of nitrogens with zero attached hydrogens (tertiary/aromatic N) is 4. The van der Waals surface area contributed by atoms with Crippen LogP contribution >= 0.6 is 0 Å². The van der Waals surface area contributed by atoms with Crippen molar-refractivity contribution in [2.45, 2.75) is 25.4 Å². The number of piperidine rings is 1. The van der Waals surface area contributed by atoms with E-state index in [0.29, 0.717) is 6.04 Å². The number of likely N-dealkylation sites (tertiary alicyclic amines) is 1. The fraction of sp³-hybridized carbons (Fsp3) is 0.357. The lowest BCUT2D eigenvalue weighted by Gasteiger charge is -2.33. The van der Waals surface area contributed by atoms with Crippen molar-refractivity contribution in [3.63, 3.8) is 0 Å². The Morgan fingerprint density at radius 1 is 0.914 bits per heavy atom. The normalized spacial score (nSPS) is 17.7. The minimum atomic E-state index is 0.373. The van der Waals surface area contributed by atoms with E-state index in [1.165, 1.54) is 10.9 Å². The van der Waals surface area contributed by atoms with Gasteiger partial charge in [-0.05, 0) is 30.5 Å². The van der Waals surface area contributed by atoms with Crippen LogP contribution in [0.1, 0.15) is 18.4 Å². The van der Waals surface area contributed by atoms with Gasteiger partial charge in [0.05, 0.1) is 18.9 Å². The molecule has 35 heavy (non-hydrogen) atoms. The Labute approximate surface area is 206 Å². The first-order valence-corrected chi connectivity index (χ1v) is 12.6. The number of H-pyrrole nitrogens is 1. The maximum Gasteiger partial charge on any atom is 0.225 e. The average molecular weight is 469 g/mol. The lowest BCUT2D eigenvalue weighted by molar-refractivity contribution is 0.122. The number of nitrogens with one attached hydrogen (secondary N) is 2. The third-order valence-corrected chi connectivity index (χ3v) is 7.09. The molecule has 2 aliphatic rings. The van der Waals surface area contributed by atoms with Crippen molar-refractivity contribution in [1.29, 1.82) is 0 Å². The molecule has 0 bridgehead atoms. The van der Waals surface area contributed by atoms with Crippen LogP contribution in [-0.4, -0.2) is 65.3 Å². The zero-order valence-electron chi connectivity index (χ0n) is 20.0. The number of aromatic nitrogens is 3. The minimum absolute atomic E-state index is 0.373. The van der Waals surface area contributed by atoms with Crippen LogP contribution in [0, 0.1) is 0 Å². The zero-order valence-corrected chi connectivity index (χ0v) is 20.0. The molecule has 4 aromatic rings. The van der Waals surface area contributed by atoms with Gasteiger partial charge in [0, 0.05) is 67.5 Å². The van der Waals surface area contributed by atoms with Gasteiger partial charge in [-0.25, -0.2) is 4.98 Å². The molecule has 2 aromatic carbocycles. The molecule has 6 rings (SSSR count). The SMILES string of the molecule is c1ccc(CN2CCC(Nc3nc(-c4cccc5[nH]ccc45)cc(N4CCOCC4)n3)CC2)cc1. The van der Waals surface area contributed by atoms with Crippen molar-refractivity contribution in [3.8, 4) is 11.3 Å². The summed E-state index contributed by atoms with van der Waals surface area (Å²) in [5, 5.41) is 4.86. The van der Waals surface area contributed by atoms with E-state index in [2.05, 4.69) is 80.8 Å². The predicted molar refractivity (Wildman–Crippen MR) is 141 cm³/mol. The van der Waals surface area contributed by atoms with Crippen molar-refractivity contribution in [1.82, 2.24) is 19.9 Å². The molecule has 7 nitrogen and oxygen atoms in total. The molecule has 180 valence electrons. The highest BCUT2D eigenvalue weighted by Gasteiger charge is 2.22. The van der Waals surface area contributed by atoms with Crippen LogP contribution in [0.4, 0.5) is 11.8 Å². The number of fused-ring (bicyclic) bond motifs is 1. The Kier molecular flexibility index (Phi) is 6.34. The Hall–Kier alpha value is -3.42. The van der Waals surface area contributed by atoms with Crippen molar-refractivity contribution in [2.75, 3.05) is 49.6 Å². The second-order valence-corrected chi connectivity index (χ2v) is 9.46. The second-order valence-electron chi connectivity index (χ2n) is 9.46. The summed E-state index contributed by atoms with van der Waals surface area (Å²) in [7, 11) is 0. The fourth-order valence-corrected chi connectivity index (χ4v) is 5.16. The summed E-state index contributed by atoms with van der Waals surface area (Å²) in [4.78, 5) is 18.1. The quantitative estimate of drug-likeness (QED) is 0.433. The first-order valence-electron chi connectivity index (χ1n) is 12.6. The summed E-state index contributed by atoms with van der Waals surface area (Å²) >= 11 is 0. The molecule has 2 N–H and O–H groups in total. The van der Waals surface area contributed by atoms with Gasteiger partial charge in [-0.1, -0.05) is 42.5 Å². The largest absolute Gasteiger partial charge is 0.378 e. The first kappa shape index (κ1) is 22.1. The van der Waals surface area contributed by atoms with Crippen molar-refractivity contribution in [3.05, 3.63) is 72.4 Å². The Morgan fingerprint density at radius 2 is 1.74 bits per heavy atom. The smallest absolute Gasteiger partial charge is 0.225 e. The van der Waals surface area contributed by atoms with E-state index in [4.69, 9.17) is 14.7 Å². The molecule has 0 aliphatic carbocycles. The van der Waals surface area contributed by atoms with Gasteiger partial charge in [-0.2, -0.15) is 4.98 Å². The molecule has 2 aliphatic heterocycles. The minimum Gasteiger partial charge on any atom is -0.378 e. The highest BCUT2D eigenvalue weighted by Crippen LogP contribution is 2.30. The van der Waals surface area contributed by atoms with Crippen LogP contribution < -0.4 is 10.2 Å². The number of anilines is 2. The molecular weight excluding hydrogens is 436 g/mol. The second kappa shape index (κ2) is 10.1. The van der Waals surface area contributed by atoms with Gasteiger partial charge in [0.15, 0.2) is 0 Å². The van der Waals surface area contributed by atoms with Gasteiger partial charge < -0.3 is 19.9 Å². The van der Waals surface area contributed by atoms with Gasteiger partial charge in [-0.15, -0.1) is 0 Å². The van der Waals surface area contributed by atoms with E-state index in [0.717, 1.165) is 87.3 Å².